The molecule has 0 aromatic carbocycles. The van der Waals surface area contributed by atoms with Gasteiger partial charge in [0.2, 0.25) is 0 Å². The number of rotatable bonds is 2. The average molecular weight is 213 g/mol. The lowest BCUT2D eigenvalue weighted by Gasteiger charge is -2.41. The molecule has 4 nitrogen and oxygen atoms in total. The number of hydrogen-bond donors (Lipinski definition) is 2. The molecule has 0 aromatic heterocycles. The van der Waals surface area contributed by atoms with Crippen molar-refractivity contribution in [2.45, 2.75) is 37.4 Å². The van der Waals surface area contributed by atoms with Crippen LogP contribution in [0.2, 0.25) is 0 Å². The van der Waals surface area contributed by atoms with Gasteiger partial charge in [0.05, 0.1) is 6.61 Å². The molecule has 3 unspecified atom stereocenters. The average Bonchev–Trinajstić information content (AvgIpc) is 2.66. The fourth-order valence-electron chi connectivity index (χ4n) is 2.82. The van der Waals surface area contributed by atoms with Gasteiger partial charge in [-0.3, -0.25) is 9.80 Å². The van der Waals surface area contributed by atoms with Gasteiger partial charge in [-0.25, -0.2) is 0 Å². The van der Waals surface area contributed by atoms with E-state index >= 15 is 0 Å². The molecule has 3 atom stereocenters. The van der Waals surface area contributed by atoms with Crippen molar-refractivity contribution in [3.05, 3.63) is 0 Å². The van der Waals surface area contributed by atoms with Crippen LogP contribution in [0.3, 0.4) is 0 Å². The minimum atomic E-state index is 0.270. The molecular weight excluding hydrogens is 190 g/mol. The lowest BCUT2D eigenvalue weighted by atomic mass is 10.1. The highest BCUT2D eigenvalue weighted by atomic mass is 16.3. The van der Waals surface area contributed by atoms with Crippen LogP contribution in [-0.2, 0) is 0 Å². The first-order chi connectivity index (χ1) is 7.20. The predicted molar refractivity (Wildman–Crippen MR) is 60.7 cm³/mol. The summed E-state index contributed by atoms with van der Waals surface area (Å²) in [4.78, 5) is 4.78. The normalized spacial score (nSPS) is 39.8. The number of aliphatic hydroxyl groups is 1. The summed E-state index contributed by atoms with van der Waals surface area (Å²) < 4.78 is 0. The van der Waals surface area contributed by atoms with E-state index in [0.717, 1.165) is 26.1 Å². The van der Waals surface area contributed by atoms with Gasteiger partial charge in [-0.15, -0.1) is 0 Å². The van der Waals surface area contributed by atoms with Crippen molar-refractivity contribution in [2.75, 3.05) is 33.3 Å². The SMILES string of the molecule is CN1CCN(C2CCC(N)C2)CC1CO. The van der Waals surface area contributed by atoms with E-state index in [1.54, 1.807) is 0 Å². The first-order valence-electron chi connectivity index (χ1n) is 6.01. The molecule has 1 aliphatic carbocycles. The Morgan fingerprint density at radius 2 is 2.13 bits per heavy atom. The van der Waals surface area contributed by atoms with Crippen molar-refractivity contribution in [3.8, 4) is 0 Å². The van der Waals surface area contributed by atoms with E-state index in [4.69, 9.17) is 5.73 Å². The van der Waals surface area contributed by atoms with E-state index in [-0.39, 0.29) is 6.61 Å². The highest BCUT2D eigenvalue weighted by molar-refractivity contribution is 4.89. The Kier molecular flexibility index (Phi) is 3.61. The van der Waals surface area contributed by atoms with E-state index in [1.807, 2.05) is 0 Å². The molecule has 0 aromatic rings. The number of nitrogens with two attached hydrogens (primary N) is 1. The molecule has 2 fully saturated rings. The maximum atomic E-state index is 9.28. The number of nitrogens with zero attached hydrogens (tertiary/aromatic N) is 2. The number of piperazine rings is 1. The Labute approximate surface area is 92.0 Å². The summed E-state index contributed by atoms with van der Waals surface area (Å²) in [6, 6.07) is 1.39. The summed E-state index contributed by atoms with van der Waals surface area (Å²) in [5.41, 5.74) is 5.94. The summed E-state index contributed by atoms with van der Waals surface area (Å²) in [6.45, 7) is 3.47. The van der Waals surface area contributed by atoms with E-state index in [1.165, 1.54) is 12.8 Å². The third-order valence-electron chi connectivity index (χ3n) is 3.98. The smallest absolute Gasteiger partial charge is 0.0599 e. The fourth-order valence-corrected chi connectivity index (χ4v) is 2.82. The maximum absolute atomic E-state index is 9.28. The van der Waals surface area contributed by atoms with Crippen molar-refractivity contribution in [1.82, 2.24) is 9.80 Å². The van der Waals surface area contributed by atoms with Crippen LogP contribution in [0.25, 0.3) is 0 Å². The second-order valence-corrected chi connectivity index (χ2v) is 5.04. The van der Waals surface area contributed by atoms with Crippen LogP contribution in [0.4, 0.5) is 0 Å². The van der Waals surface area contributed by atoms with E-state index in [0.29, 0.717) is 18.1 Å². The highest BCUT2D eigenvalue weighted by Crippen LogP contribution is 2.24. The molecule has 4 heteroatoms. The number of aliphatic hydroxyl groups excluding tert-OH is 1. The lowest BCUT2D eigenvalue weighted by molar-refractivity contribution is 0.0365. The first kappa shape index (κ1) is 11.3. The molecule has 2 rings (SSSR count). The van der Waals surface area contributed by atoms with Gasteiger partial charge >= 0.3 is 0 Å². The Balaban J connectivity index is 1.88. The molecule has 1 heterocycles. The Morgan fingerprint density at radius 3 is 2.73 bits per heavy atom. The van der Waals surface area contributed by atoms with Crippen LogP contribution in [0.5, 0.6) is 0 Å². The highest BCUT2D eigenvalue weighted by Gasteiger charge is 2.32. The molecule has 1 saturated carbocycles. The first-order valence-corrected chi connectivity index (χ1v) is 6.01. The molecule has 0 amide bonds. The van der Waals surface area contributed by atoms with Gasteiger partial charge in [-0.1, -0.05) is 0 Å². The molecule has 0 bridgehead atoms. The molecule has 15 heavy (non-hydrogen) atoms. The third kappa shape index (κ3) is 2.50. The van der Waals surface area contributed by atoms with Gasteiger partial charge in [0.15, 0.2) is 0 Å². The van der Waals surface area contributed by atoms with Gasteiger partial charge in [0, 0.05) is 37.8 Å². The summed E-state index contributed by atoms with van der Waals surface area (Å²) in [5, 5.41) is 9.28. The molecule has 1 saturated heterocycles. The van der Waals surface area contributed by atoms with Crippen LogP contribution in [-0.4, -0.2) is 66.3 Å². The van der Waals surface area contributed by atoms with E-state index in [2.05, 4.69) is 16.8 Å². The summed E-state index contributed by atoms with van der Waals surface area (Å²) in [7, 11) is 2.10. The van der Waals surface area contributed by atoms with Gasteiger partial charge < -0.3 is 10.8 Å². The van der Waals surface area contributed by atoms with Crippen molar-refractivity contribution in [3.63, 3.8) is 0 Å². The zero-order valence-corrected chi connectivity index (χ0v) is 9.60. The van der Waals surface area contributed by atoms with Crippen LogP contribution in [0, 0.1) is 0 Å². The second kappa shape index (κ2) is 4.78. The van der Waals surface area contributed by atoms with E-state index < -0.39 is 0 Å². The topological polar surface area (TPSA) is 52.7 Å². The monoisotopic (exact) mass is 213 g/mol. The molecule has 3 N–H and O–H groups in total. The zero-order valence-electron chi connectivity index (χ0n) is 9.60. The van der Waals surface area contributed by atoms with Crippen LogP contribution in [0.1, 0.15) is 19.3 Å². The molecule has 1 aliphatic heterocycles. The molecular formula is C11H23N3O. The van der Waals surface area contributed by atoms with Gasteiger partial charge in [0.25, 0.3) is 0 Å². The Bertz CT molecular complexity index is 212. The Morgan fingerprint density at radius 1 is 1.33 bits per heavy atom. The molecule has 0 radical (unpaired) electrons. The zero-order chi connectivity index (χ0) is 10.8. The number of hydrogen-bond acceptors (Lipinski definition) is 4. The summed E-state index contributed by atoms with van der Waals surface area (Å²) in [5.74, 6) is 0. The standard InChI is InChI=1S/C11H23N3O/c1-13-4-5-14(7-11(13)8-15)10-3-2-9(12)6-10/h9-11,15H,2-8,12H2,1H3. The van der Waals surface area contributed by atoms with Crippen molar-refractivity contribution in [2.24, 2.45) is 5.73 Å². The fraction of sp³-hybridized carbons (Fsp3) is 1.00. The summed E-state index contributed by atoms with van der Waals surface area (Å²) >= 11 is 0. The lowest BCUT2D eigenvalue weighted by Crippen LogP contribution is -2.55. The maximum Gasteiger partial charge on any atom is 0.0599 e. The minimum absolute atomic E-state index is 0.270. The predicted octanol–water partition coefficient (Wildman–Crippen LogP) is -0.525. The van der Waals surface area contributed by atoms with Crippen LogP contribution in [0.15, 0.2) is 0 Å². The van der Waals surface area contributed by atoms with Crippen LogP contribution < -0.4 is 5.73 Å². The Hall–Kier alpha value is -0.160. The summed E-state index contributed by atoms with van der Waals surface area (Å²) in [6.07, 6.45) is 3.55. The molecule has 88 valence electrons. The number of likely N-dealkylation sites (N-methyl/N-ethyl adjacent to an activating group) is 1. The van der Waals surface area contributed by atoms with Gasteiger partial charge in [-0.2, -0.15) is 0 Å². The van der Waals surface area contributed by atoms with Gasteiger partial charge in [0.1, 0.15) is 0 Å². The molecule has 2 aliphatic rings. The molecule has 0 spiro atoms. The van der Waals surface area contributed by atoms with Crippen molar-refractivity contribution < 1.29 is 5.11 Å². The largest absolute Gasteiger partial charge is 0.395 e. The van der Waals surface area contributed by atoms with Crippen LogP contribution >= 0.6 is 0 Å². The minimum Gasteiger partial charge on any atom is -0.395 e. The third-order valence-corrected chi connectivity index (χ3v) is 3.98. The van der Waals surface area contributed by atoms with Crippen molar-refractivity contribution in [1.29, 1.82) is 0 Å². The van der Waals surface area contributed by atoms with Gasteiger partial charge in [-0.05, 0) is 26.3 Å². The second-order valence-electron chi connectivity index (χ2n) is 5.04. The van der Waals surface area contributed by atoms with E-state index in [9.17, 15) is 5.11 Å². The van der Waals surface area contributed by atoms with Crippen molar-refractivity contribution >= 4 is 0 Å². The quantitative estimate of drug-likeness (QED) is 0.648.